The zero-order chi connectivity index (χ0) is 15.2. The van der Waals surface area contributed by atoms with Gasteiger partial charge in [0, 0.05) is 19.6 Å². The number of hydrogen-bond donors (Lipinski definition) is 1. The van der Waals surface area contributed by atoms with Gasteiger partial charge in [0.15, 0.2) is 5.96 Å². The minimum absolute atomic E-state index is 0. The van der Waals surface area contributed by atoms with Crippen LogP contribution in [0.2, 0.25) is 0 Å². The largest absolute Gasteiger partial charge is 0.370 e. The Morgan fingerprint density at radius 3 is 2.64 bits per heavy atom. The Bertz CT molecular complexity index is 487. The number of guanidine groups is 1. The van der Waals surface area contributed by atoms with E-state index >= 15 is 0 Å². The summed E-state index contributed by atoms with van der Waals surface area (Å²) in [6.07, 6.45) is 2.52. The number of nitrogens with two attached hydrogens (primary N) is 1. The molecule has 124 valence electrons. The fraction of sp³-hybridized carbons (Fsp3) is 0.588. The van der Waals surface area contributed by atoms with E-state index in [9.17, 15) is 0 Å². The number of rotatable bonds is 4. The Morgan fingerprint density at radius 2 is 2.00 bits per heavy atom. The first-order chi connectivity index (χ1) is 10.1. The van der Waals surface area contributed by atoms with Gasteiger partial charge in [0.25, 0.3) is 0 Å². The van der Waals surface area contributed by atoms with Gasteiger partial charge < -0.3 is 15.5 Å². The maximum Gasteiger partial charge on any atom is 0.191 e. The molecule has 5 heteroatoms. The second kappa shape index (κ2) is 9.35. The van der Waals surface area contributed by atoms with Crippen LogP contribution >= 0.6 is 24.0 Å². The Kier molecular flexibility index (Phi) is 8.17. The average molecular weight is 416 g/mol. The molecule has 0 radical (unpaired) electrons. The first-order valence-corrected chi connectivity index (χ1v) is 7.82. The van der Waals surface area contributed by atoms with E-state index in [1.54, 1.807) is 0 Å². The van der Waals surface area contributed by atoms with Crippen molar-refractivity contribution in [2.75, 3.05) is 27.2 Å². The van der Waals surface area contributed by atoms with E-state index in [0.29, 0.717) is 18.4 Å². The van der Waals surface area contributed by atoms with Crippen molar-refractivity contribution in [2.24, 2.45) is 16.6 Å². The van der Waals surface area contributed by atoms with Gasteiger partial charge in [-0.3, -0.25) is 0 Å². The number of hydrogen-bond acceptors (Lipinski definition) is 2. The minimum atomic E-state index is 0. The molecule has 0 bridgehead atoms. The summed E-state index contributed by atoms with van der Waals surface area (Å²) >= 11 is 0. The van der Waals surface area contributed by atoms with Crippen LogP contribution in [0.3, 0.4) is 0 Å². The zero-order valence-corrected chi connectivity index (χ0v) is 16.3. The summed E-state index contributed by atoms with van der Waals surface area (Å²) in [5.74, 6) is 1.41. The molecule has 2 N–H and O–H groups in total. The lowest BCUT2D eigenvalue weighted by Gasteiger charge is -2.31. The lowest BCUT2D eigenvalue weighted by molar-refractivity contribution is 0.270. The Labute approximate surface area is 151 Å². The number of aliphatic imine (C=N–C) groups is 1. The Morgan fingerprint density at radius 1 is 1.32 bits per heavy atom. The smallest absolute Gasteiger partial charge is 0.191 e. The van der Waals surface area contributed by atoms with E-state index in [1.165, 1.54) is 24.0 Å². The molecule has 1 atom stereocenters. The van der Waals surface area contributed by atoms with Crippen molar-refractivity contribution in [3.63, 3.8) is 0 Å². The molecule has 0 aromatic heterocycles. The highest BCUT2D eigenvalue weighted by molar-refractivity contribution is 14.0. The molecule has 1 aliphatic rings. The van der Waals surface area contributed by atoms with Crippen LogP contribution in [0.25, 0.3) is 0 Å². The molecule has 1 unspecified atom stereocenters. The molecule has 0 aliphatic carbocycles. The number of likely N-dealkylation sites (tertiary alicyclic amines) is 1. The lowest BCUT2D eigenvalue weighted by Crippen LogP contribution is -2.43. The quantitative estimate of drug-likeness (QED) is 0.467. The van der Waals surface area contributed by atoms with Crippen LogP contribution in [-0.2, 0) is 13.1 Å². The minimum Gasteiger partial charge on any atom is -0.370 e. The van der Waals surface area contributed by atoms with Gasteiger partial charge in [-0.2, -0.15) is 0 Å². The molecule has 1 aromatic rings. The van der Waals surface area contributed by atoms with Crippen LogP contribution in [0, 0.1) is 5.92 Å². The molecule has 0 saturated carbocycles. The maximum atomic E-state index is 6.18. The highest BCUT2D eigenvalue weighted by Gasteiger charge is 2.17. The van der Waals surface area contributed by atoms with Crippen molar-refractivity contribution in [1.82, 2.24) is 9.80 Å². The van der Waals surface area contributed by atoms with Crippen LogP contribution in [0.1, 0.15) is 30.9 Å². The Hall–Kier alpha value is -0.820. The summed E-state index contributed by atoms with van der Waals surface area (Å²) in [7, 11) is 4.17. The predicted molar refractivity (Wildman–Crippen MR) is 105 cm³/mol. The van der Waals surface area contributed by atoms with E-state index in [-0.39, 0.29) is 24.0 Å². The van der Waals surface area contributed by atoms with E-state index in [4.69, 9.17) is 5.73 Å². The zero-order valence-electron chi connectivity index (χ0n) is 14.0. The van der Waals surface area contributed by atoms with Gasteiger partial charge in [-0.1, -0.05) is 31.2 Å². The van der Waals surface area contributed by atoms with Crippen LogP contribution < -0.4 is 5.73 Å². The van der Waals surface area contributed by atoms with Gasteiger partial charge >= 0.3 is 0 Å². The molecule has 1 aromatic carbocycles. The molecule has 22 heavy (non-hydrogen) atoms. The molecular formula is C17H29IN4. The van der Waals surface area contributed by atoms with Crippen molar-refractivity contribution in [3.05, 3.63) is 35.4 Å². The molecule has 1 fully saturated rings. The molecule has 4 nitrogen and oxygen atoms in total. The van der Waals surface area contributed by atoms with Crippen molar-refractivity contribution in [3.8, 4) is 0 Å². The van der Waals surface area contributed by atoms with Gasteiger partial charge in [-0.05, 0) is 44.0 Å². The third-order valence-electron chi connectivity index (χ3n) is 4.00. The van der Waals surface area contributed by atoms with E-state index in [0.717, 1.165) is 19.6 Å². The molecule has 0 spiro atoms. The normalized spacial score (nSPS) is 19.2. The second-order valence-corrected chi connectivity index (χ2v) is 6.37. The highest BCUT2D eigenvalue weighted by Crippen LogP contribution is 2.16. The van der Waals surface area contributed by atoms with Gasteiger partial charge in [0.05, 0.1) is 6.54 Å². The number of benzene rings is 1. The van der Waals surface area contributed by atoms with Gasteiger partial charge in [-0.15, -0.1) is 24.0 Å². The van der Waals surface area contributed by atoms with Crippen molar-refractivity contribution < 1.29 is 0 Å². The third kappa shape index (κ3) is 5.76. The molecular weight excluding hydrogens is 387 g/mol. The van der Waals surface area contributed by atoms with Gasteiger partial charge in [0.2, 0.25) is 0 Å². The van der Waals surface area contributed by atoms with Crippen LogP contribution in [0.4, 0.5) is 0 Å². The molecule has 1 heterocycles. The van der Waals surface area contributed by atoms with Gasteiger partial charge in [0.1, 0.15) is 0 Å². The first kappa shape index (κ1) is 19.2. The third-order valence-corrected chi connectivity index (χ3v) is 4.00. The summed E-state index contributed by atoms with van der Waals surface area (Å²) in [4.78, 5) is 9.03. The number of piperidine rings is 1. The number of halogens is 1. The van der Waals surface area contributed by atoms with Crippen LogP contribution in [-0.4, -0.2) is 42.9 Å². The fourth-order valence-electron chi connectivity index (χ4n) is 2.87. The van der Waals surface area contributed by atoms with Crippen molar-refractivity contribution >= 4 is 29.9 Å². The van der Waals surface area contributed by atoms with Crippen LogP contribution in [0.5, 0.6) is 0 Å². The molecule has 1 saturated heterocycles. The highest BCUT2D eigenvalue weighted by atomic mass is 127. The van der Waals surface area contributed by atoms with E-state index < -0.39 is 0 Å². The number of nitrogens with zero attached hydrogens (tertiary/aromatic N) is 3. The average Bonchev–Trinajstić information content (AvgIpc) is 2.45. The maximum absolute atomic E-state index is 6.18. The predicted octanol–water partition coefficient (Wildman–Crippen LogP) is 2.91. The summed E-state index contributed by atoms with van der Waals surface area (Å²) in [6, 6.07) is 8.48. The van der Waals surface area contributed by atoms with Crippen molar-refractivity contribution in [1.29, 1.82) is 0 Å². The van der Waals surface area contributed by atoms with Crippen LogP contribution in [0.15, 0.2) is 29.3 Å². The second-order valence-electron chi connectivity index (χ2n) is 6.37. The summed E-state index contributed by atoms with van der Waals surface area (Å²) in [5.41, 5.74) is 8.76. The molecule has 1 aliphatic heterocycles. The lowest BCUT2D eigenvalue weighted by atomic mass is 10.0. The summed E-state index contributed by atoms with van der Waals surface area (Å²) in [6.45, 7) is 5.96. The molecule has 0 amide bonds. The van der Waals surface area contributed by atoms with E-state index in [2.05, 4.69) is 60.1 Å². The van der Waals surface area contributed by atoms with Crippen molar-refractivity contribution in [2.45, 2.75) is 32.9 Å². The Balaban J connectivity index is 0.00000242. The standard InChI is InChI=1S/C17H28N4.HI/c1-14-7-6-10-21(12-14)17(18)19-11-15-8-4-5-9-16(15)13-20(2)3;/h4-5,8-9,14H,6-7,10-13H2,1-3H3,(H2,18,19);1H. The topological polar surface area (TPSA) is 44.9 Å². The van der Waals surface area contributed by atoms with E-state index in [1.807, 2.05) is 0 Å². The monoisotopic (exact) mass is 416 g/mol. The first-order valence-electron chi connectivity index (χ1n) is 7.82. The van der Waals surface area contributed by atoms with Gasteiger partial charge in [-0.25, -0.2) is 4.99 Å². The summed E-state index contributed by atoms with van der Waals surface area (Å²) in [5, 5.41) is 0. The SMILES string of the molecule is CC1CCCN(C(N)=NCc2ccccc2CN(C)C)C1.I. The summed E-state index contributed by atoms with van der Waals surface area (Å²) < 4.78 is 0. The fourth-order valence-corrected chi connectivity index (χ4v) is 2.87. The molecule has 2 rings (SSSR count).